The highest BCUT2D eigenvalue weighted by molar-refractivity contribution is 7.92. The Morgan fingerprint density at radius 2 is 1.75 bits per heavy atom. The van der Waals surface area contributed by atoms with Gasteiger partial charge in [0.25, 0.3) is 5.91 Å². The minimum atomic E-state index is -3.55. The Morgan fingerprint density at radius 3 is 2.25 bits per heavy atom. The lowest BCUT2D eigenvalue weighted by Gasteiger charge is -2.22. The highest BCUT2D eigenvalue weighted by Gasteiger charge is 2.23. The molecule has 0 spiro atoms. The van der Waals surface area contributed by atoms with Crippen molar-refractivity contribution in [2.24, 2.45) is 0 Å². The summed E-state index contributed by atoms with van der Waals surface area (Å²) in [5.41, 5.74) is 0.386. The molecule has 0 atom stereocenters. The second-order valence-corrected chi connectivity index (χ2v) is 7.07. The molecule has 0 aromatic heterocycles. The fraction of sp³-hybridized carbons (Fsp3) is 0.533. The first-order valence-corrected chi connectivity index (χ1v) is 9.08. The summed E-state index contributed by atoms with van der Waals surface area (Å²) in [6.07, 6.45) is 1.71. The molecule has 0 saturated carbocycles. The SMILES string of the molecule is COCCCNC(=O)c1cc(OC)c(OC)cc1N(C)S(C)(=O)=O. The third-order valence-corrected chi connectivity index (χ3v) is 4.59. The van der Waals surface area contributed by atoms with E-state index in [9.17, 15) is 13.2 Å². The summed E-state index contributed by atoms with van der Waals surface area (Å²) >= 11 is 0. The molecule has 0 aliphatic rings. The van der Waals surface area contributed by atoms with Crippen molar-refractivity contribution in [3.05, 3.63) is 17.7 Å². The summed E-state index contributed by atoms with van der Waals surface area (Å²) < 4.78 is 40.1. The molecular formula is C15H24N2O6S. The number of rotatable bonds is 9. The molecule has 0 fully saturated rings. The van der Waals surface area contributed by atoms with E-state index in [1.807, 2.05) is 0 Å². The molecular weight excluding hydrogens is 336 g/mol. The smallest absolute Gasteiger partial charge is 0.253 e. The Hall–Kier alpha value is -2.00. The molecule has 8 nitrogen and oxygen atoms in total. The van der Waals surface area contributed by atoms with Gasteiger partial charge in [-0.15, -0.1) is 0 Å². The minimum absolute atomic E-state index is 0.179. The lowest BCUT2D eigenvalue weighted by atomic mass is 10.1. The molecule has 0 unspecified atom stereocenters. The van der Waals surface area contributed by atoms with Gasteiger partial charge < -0.3 is 19.5 Å². The fourth-order valence-electron chi connectivity index (χ4n) is 2.00. The average molecular weight is 360 g/mol. The Bertz CT molecular complexity index is 675. The largest absolute Gasteiger partial charge is 0.493 e. The summed E-state index contributed by atoms with van der Waals surface area (Å²) in [5, 5.41) is 2.73. The van der Waals surface area contributed by atoms with Gasteiger partial charge in [-0.2, -0.15) is 0 Å². The van der Waals surface area contributed by atoms with Crippen LogP contribution in [-0.4, -0.2) is 62.1 Å². The van der Waals surface area contributed by atoms with E-state index in [4.69, 9.17) is 14.2 Å². The highest BCUT2D eigenvalue weighted by Crippen LogP contribution is 2.35. The summed E-state index contributed by atoms with van der Waals surface area (Å²) in [6, 6.07) is 2.92. The van der Waals surface area contributed by atoms with Gasteiger partial charge in [0.15, 0.2) is 11.5 Å². The lowest BCUT2D eigenvalue weighted by molar-refractivity contribution is 0.0949. The number of carbonyl (C=O) groups excluding carboxylic acids is 1. The van der Waals surface area contributed by atoms with E-state index in [0.717, 1.165) is 10.6 Å². The van der Waals surface area contributed by atoms with Crippen LogP contribution in [0.15, 0.2) is 12.1 Å². The van der Waals surface area contributed by atoms with Gasteiger partial charge >= 0.3 is 0 Å². The lowest BCUT2D eigenvalue weighted by Crippen LogP contribution is -2.30. The van der Waals surface area contributed by atoms with Crippen LogP contribution in [0, 0.1) is 0 Å². The van der Waals surface area contributed by atoms with Gasteiger partial charge in [0.2, 0.25) is 10.0 Å². The Balaban J connectivity index is 3.26. The number of hydrogen-bond donors (Lipinski definition) is 1. The molecule has 1 N–H and O–H groups in total. The van der Waals surface area contributed by atoms with E-state index in [2.05, 4.69) is 5.32 Å². The molecule has 0 aliphatic carbocycles. The second-order valence-electron chi connectivity index (χ2n) is 5.06. The van der Waals surface area contributed by atoms with Gasteiger partial charge in [0.05, 0.1) is 31.7 Å². The Kier molecular flexibility index (Phi) is 7.30. The van der Waals surface area contributed by atoms with Crippen LogP contribution in [-0.2, 0) is 14.8 Å². The maximum Gasteiger partial charge on any atom is 0.253 e. The number of sulfonamides is 1. The summed E-state index contributed by atoms with van der Waals surface area (Å²) in [5.74, 6) is 0.265. The van der Waals surface area contributed by atoms with Crippen molar-refractivity contribution in [2.75, 3.05) is 52.1 Å². The number of hydrogen-bond acceptors (Lipinski definition) is 6. The van der Waals surface area contributed by atoms with Crippen molar-refractivity contribution >= 4 is 21.6 Å². The van der Waals surface area contributed by atoms with E-state index in [1.54, 1.807) is 7.11 Å². The molecule has 24 heavy (non-hydrogen) atoms. The molecule has 0 bridgehead atoms. The minimum Gasteiger partial charge on any atom is -0.493 e. The van der Waals surface area contributed by atoms with Gasteiger partial charge in [-0.3, -0.25) is 9.10 Å². The molecule has 1 rings (SSSR count). The van der Waals surface area contributed by atoms with E-state index in [-0.39, 0.29) is 11.3 Å². The predicted octanol–water partition coefficient (Wildman–Crippen LogP) is 0.866. The molecule has 136 valence electrons. The predicted molar refractivity (Wildman–Crippen MR) is 91.6 cm³/mol. The van der Waals surface area contributed by atoms with Crippen LogP contribution in [0.5, 0.6) is 11.5 Å². The fourth-order valence-corrected chi connectivity index (χ4v) is 2.51. The third kappa shape index (κ3) is 5.00. The molecule has 1 amide bonds. The van der Waals surface area contributed by atoms with Crippen LogP contribution in [0.2, 0.25) is 0 Å². The van der Waals surface area contributed by atoms with Crippen molar-refractivity contribution in [1.82, 2.24) is 5.32 Å². The molecule has 0 radical (unpaired) electrons. The molecule has 0 aliphatic heterocycles. The number of nitrogens with one attached hydrogen (secondary N) is 1. The number of nitrogens with zero attached hydrogens (tertiary/aromatic N) is 1. The van der Waals surface area contributed by atoms with Crippen molar-refractivity contribution in [3.8, 4) is 11.5 Å². The quantitative estimate of drug-likeness (QED) is 0.657. The maximum atomic E-state index is 12.5. The van der Waals surface area contributed by atoms with Crippen LogP contribution in [0.1, 0.15) is 16.8 Å². The number of benzene rings is 1. The van der Waals surface area contributed by atoms with E-state index >= 15 is 0 Å². The van der Waals surface area contributed by atoms with Crippen molar-refractivity contribution in [2.45, 2.75) is 6.42 Å². The summed E-state index contributed by atoms with van der Waals surface area (Å²) in [7, 11) is 2.28. The van der Waals surface area contributed by atoms with Gasteiger partial charge in [-0.25, -0.2) is 8.42 Å². The van der Waals surface area contributed by atoms with Crippen molar-refractivity contribution < 1.29 is 27.4 Å². The standard InChI is InChI=1S/C15H24N2O6S/c1-17(24(5,19)20)12-10-14(23-4)13(22-3)9-11(12)15(18)16-7-6-8-21-2/h9-10H,6-8H2,1-5H3,(H,16,18). The van der Waals surface area contributed by atoms with Crippen LogP contribution >= 0.6 is 0 Å². The van der Waals surface area contributed by atoms with E-state index < -0.39 is 15.9 Å². The van der Waals surface area contributed by atoms with Crippen LogP contribution in [0.25, 0.3) is 0 Å². The number of anilines is 1. The second kappa shape index (κ2) is 8.74. The van der Waals surface area contributed by atoms with Crippen LogP contribution in [0.4, 0.5) is 5.69 Å². The number of ether oxygens (including phenoxy) is 3. The number of methoxy groups -OCH3 is 3. The molecule has 0 saturated heterocycles. The zero-order valence-corrected chi connectivity index (χ0v) is 15.4. The van der Waals surface area contributed by atoms with Gasteiger partial charge in [-0.05, 0) is 12.5 Å². The van der Waals surface area contributed by atoms with Gasteiger partial charge in [0, 0.05) is 33.4 Å². The van der Waals surface area contributed by atoms with E-state index in [0.29, 0.717) is 31.1 Å². The van der Waals surface area contributed by atoms with Crippen molar-refractivity contribution in [3.63, 3.8) is 0 Å². The normalized spacial score (nSPS) is 11.0. The van der Waals surface area contributed by atoms with Gasteiger partial charge in [-0.1, -0.05) is 0 Å². The first-order chi connectivity index (χ1) is 11.3. The first kappa shape index (κ1) is 20.0. The third-order valence-electron chi connectivity index (χ3n) is 3.39. The molecule has 9 heteroatoms. The molecule has 0 heterocycles. The van der Waals surface area contributed by atoms with Gasteiger partial charge in [0.1, 0.15) is 0 Å². The summed E-state index contributed by atoms with van der Waals surface area (Å²) in [6.45, 7) is 0.922. The van der Waals surface area contributed by atoms with Crippen molar-refractivity contribution in [1.29, 1.82) is 0 Å². The van der Waals surface area contributed by atoms with Crippen LogP contribution < -0.4 is 19.1 Å². The molecule has 1 aromatic carbocycles. The number of amides is 1. The Morgan fingerprint density at radius 1 is 1.17 bits per heavy atom. The Labute approximate surface area is 142 Å². The zero-order valence-electron chi connectivity index (χ0n) is 14.6. The average Bonchev–Trinajstić information content (AvgIpc) is 2.55. The van der Waals surface area contributed by atoms with Crippen LogP contribution in [0.3, 0.4) is 0 Å². The monoisotopic (exact) mass is 360 g/mol. The zero-order chi connectivity index (χ0) is 18.3. The molecule has 1 aromatic rings. The maximum absolute atomic E-state index is 12.5. The topological polar surface area (TPSA) is 94.2 Å². The first-order valence-electron chi connectivity index (χ1n) is 7.23. The summed E-state index contributed by atoms with van der Waals surface area (Å²) in [4.78, 5) is 12.5. The highest BCUT2D eigenvalue weighted by atomic mass is 32.2. The van der Waals surface area contributed by atoms with E-state index in [1.165, 1.54) is 33.4 Å². The number of carbonyl (C=O) groups is 1.